The van der Waals surface area contributed by atoms with Crippen LogP contribution in [0.1, 0.15) is 5.56 Å². The topological polar surface area (TPSA) is 87.5 Å². The van der Waals surface area contributed by atoms with E-state index in [1.807, 2.05) is 48.7 Å². The molecule has 1 aliphatic rings. The van der Waals surface area contributed by atoms with Gasteiger partial charge in [0.05, 0.1) is 12.2 Å². The summed E-state index contributed by atoms with van der Waals surface area (Å²) in [6.45, 7) is 0.899. The van der Waals surface area contributed by atoms with E-state index in [4.69, 9.17) is 19.3 Å². The normalized spacial score (nSPS) is 12.1. The number of carbonyl (C=O) groups is 1. The predicted molar refractivity (Wildman–Crippen MR) is 127 cm³/mol. The number of pyridine rings is 1. The molecule has 1 amide bonds. The number of para-hydroxylation sites is 1. The summed E-state index contributed by atoms with van der Waals surface area (Å²) in [5.41, 5.74) is 3.35. The third-order valence-electron chi connectivity index (χ3n) is 5.13. The molecule has 5 rings (SSSR count). The molecule has 2 aromatic carbocycles. The van der Waals surface area contributed by atoms with Crippen LogP contribution >= 0.6 is 0 Å². The molecule has 0 saturated heterocycles. The van der Waals surface area contributed by atoms with Gasteiger partial charge in [-0.2, -0.15) is 5.10 Å². The van der Waals surface area contributed by atoms with E-state index in [1.54, 1.807) is 41.4 Å². The average molecular weight is 454 g/mol. The van der Waals surface area contributed by atoms with Crippen LogP contribution in [0.3, 0.4) is 0 Å². The maximum Gasteiger partial charge on any atom is 0.244 e. The van der Waals surface area contributed by atoms with Crippen LogP contribution in [0.25, 0.3) is 23.0 Å². The molecule has 8 heteroatoms. The lowest BCUT2D eigenvalue weighted by Gasteiger charge is -2.07. The summed E-state index contributed by atoms with van der Waals surface area (Å²) >= 11 is 0. The van der Waals surface area contributed by atoms with Crippen molar-refractivity contribution in [2.75, 3.05) is 19.9 Å². The van der Waals surface area contributed by atoms with E-state index in [-0.39, 0.29) is 12.7 Å². The lowest BCUT2D eigenvalue weighted by Crippen LogP contribution is -2.26. The number of fused-ring (bicyclic) bond motifs is 1. The van der Waals surface area contributed by atoms with Crippen molar-refractivity contribution in [3.05, 3.63) is 90.9 Å². The van der Waals surface area contributed by atoms with Crippen LogP contribution in [0.15, 0.2) is 85.3 Å². The van der Waals surface area contributed by atoms with Gasteiger partial charge in [-0.3, -0.25) is 9.78 Å². The van der Waals surface area contributed by atoms with Gasteiger partial charge in [-0.15, -0.1) is 0 Å². The van der Waals surface area contributed by atoms with Crippen LogP contribution in [-0.2, 0) is 4.79 Å². The Bertz CT molecular complexity index is 1300. The first kappa shape index (κ1) is 21.3. The van der Waals surface area contributed by atoms with Crippen molar-refractivity contribution in [2.24, 2.45) is 0 Å². The molecule has 8 nitrogen and oxygen atoms in total. The largest absolute Gasteiger partial charge is 0.492 e. The molecule has 0 fully saturated rings. The molecule has 0 bridgehead atoms. The van der Waals surface area contributed by atoms with Crippen LogP contribution in [0.2, 0.25) is 0 Å². The second kappa shape index (κ2) is 9.91. The monoisotopic (exact) mass is 454 g/mol. The van der Waals surface area contributed by atoms with Crippen LogP contribution in [0.4, 0.5) is 0 Å². The summed E-state index contributed by atoms with van der Waals surface area (Å²) in [4.78, 5) is 16.6. The smallest absolute Gasteiger partial charge is 0.244 e. The molecule has 1 aliphatic heterocycles. The minimum atomic E-state index is -0.223. The molecule has 0 saturated carbocycles. The van der Waals surface area contributed by atoms with Gasteiger partial charge in [0.25, 0.3) is 0 Å². The van der Waals surface area contributed by atoms with Gasteiger partial charge in [-0.25, -0.2) is 4.68 Å². The van der Waals surface area contributed by atoms with Crippen molar-refractivity contribution in [3.63, 3.8) is 0 Å². The Labute approximate surface area is 196 Å². The molecule has 2 aromatic heterocycles. The van der Waals surface area contributed by atoms with E-state index >= 15 is 0 Å². The number of hydrogen-bond donors (Lipinski definition) is 1. The van der Waals surface area contributed by atoms with Crippen molar-refractivity contribution in [2.45, 2.75) is 0 Å². The number of amides is 1. The Morgan fingerprint density at radius 3 is 2.82 bits per heavy atom. The lowest BCUT2D eigenvalue weighted by atomic mass is 10.1. The SMILES string of the molecule is O=C(C=Cc1cn(-c2ccccc2)nc1-c1cccnc1)NCCOc1ccc2c(c1)OCO2. The summed E-state index contributed by atoms with van der Waals surface area (Å²) in [7, 11) is 0. The molecule has 0 radical (unpaired) electrons. The summed E-state index contributed by atoms with van der Waals surface area (Å²) in [5.74, 6) is 1.79. The number of nitrogens with one attached hydrogen (secondary N) is 1. The number of benzene rings is 2. The van der Waals surface area contributed by atoms with Gasteiger partial charge in [0.15, 0.2) is 11.5 Å². The second-order valence-corrected chi connectivity index (χ2v) is 7.44. The van der Waals surface area contributed by atoms with Gasteiger partial charge in [0, 0.05) is 41.9 Å². The first-order chi connectivity index (χ1) is 16.8. The minimum absolute atomic E-state index is 0.216. The molecule has 0 unspecified atom stereocenters. The number of aromatic nitrogens is 3. The number of ether oxygens (including phenoxy) is 3. The predicted octanol–water partition coefficient (Wildman–Crippen LogP) is 3.87. The van der Waals surface area contributed by atoms with Crippen LogP contribution < -0.4 is 19.5 Å². The molecule has 0 spiro atoms. The third-order valence-corrected chi connectivity index (χ3v) is 5.13. The Balaban J connectivity index is 1.22. The fourth-order valence-corrected chi connectivity index (χ4v) is 3.48. The number of rotatable bonds is 8. The van der Waals surface area contributed by atoms with E-state index in [0.29, 0.717) is 30.4 Å². The van der Waals surface area contributed by atoms with E-state index in [2.05, 4.69) is 10.3 Å². The summed E-state index contributed by atoms with van der Waals surface area (Å²) in [6.07, 6.45) is 8.61. The summed E-state index contributed by atoms with van der Waals surface area (Å²) in [5, 5.41) is 7.54. The van der Waals surface area contributed by atoms with Crippen LogP contribution in [0, 0.1) is 0 Å². The zero-order valence-corrected chi connectivity index (χ0v) is 18.3. The van der Waals surface area contributed by atoms with Gasteiger partial charge >= 0.3 is 0 Å². The highest BCUT2D eigenvalue weighted by atomic mass is 16.7. The maximum atomic E-state index is 12.4. The number of carbonyl (C=O) groups excluding carboxylic acids is 1. The van der Waals surface area contributed by atoms with Crippen molar-refractivity contribution < 1.29 is 19.0 Å². The fourth-order valence-electron chi connectivity index (χ4n) is 3.48. The maximum absolute atomic E-state index is 12.4. The summed E-state index contributed by atoms with van der Waals surface area (Å²) < 4.78 is 18.1. The van der Waals surface area contributed by atoms with E-state index < -0.39 is 0 Å². The Hall–Kier alpha value is -4.59. The van der Waals surface area contributed by atoms with Gasteiger partial charge in [-0.05, 0) is 42.5 Å². The molecule has 4 aromatic rings. The van der Waals surface area contributed by atoms with Crippen molar-refractivity contribution in [1.29, 1.82) is 0 Å². The van der Waals surface area contributed by atoms with Crippen LogP contribution in [0.5, 0.6) is 17.2 Å². The zero-order valence-electron chi connectivity index (χ0n) is 18.3. The molecule has 1 N–H and O–H groups in total. The van der Waals surface area contributed by atoms with E-state index in [9.17, 15) is 4.79 Å². The highest BCUT2D eigenvalue weighted by molar-refractivity contribution is 5.92. The Morgan fingerprint density at radius 2 is 1.97 bits per heavy atom. The molecular weight excluding hydrogens is 432 g/mol. The zero-order chi connectivity index (χ0) is 23.2. The van der Waals surface area contributed by atoms with Crippen LogP contribution in [-0.4, -0.2) is 40.6 Å². The fraction of sp³-hybridized carbons (Fsp3) is 0.115. The first-order valence-corrected chi connectivity index (χ1v) is 10.8. The van der Waals surface area contributed by atoms with Gasteiger partial charge in [-0.1, -0.05) is 18.2 Å². The van der Waals surface area contributed by atoms with Crippen molar-refractivity contribution in [1.82, 2.24) is 20.1 Å². The highest BCUT2D eigenvalue weighted by Gasteiger charge is 2.14. The van der Waals surface area contributed by atoms with Gasteiger partial charge in [0.1, 0.15) is 18.1 Å². The second-order valence-electron chi connectivity index (χ2n) is 7.44. The third kappa shape index (κ3) is 4.91. The number of nitrogens with zero attached hydrogens (tertiary/aromatic N) is 3. The Kier molecular flexibility index (Phi) is 6.20. The lowest BCUT2D eigenvalue weighted by molar-refractivity contribution is -0.116. The standard InChI is InChI=1S/C26H22N4O4/c31-25(28-13-14-32-22-9-10-23-24(15-22)34-18-33-23)11-8-20-17-30(21-6-2-1-3-7-21)29-26(20)19-5-4-12-27-16-19/h1-12,15-17H,13-14,18H2,(H,28,31). The van der Waals surface area contributed by atoms with E-state index in [1.165, 1.54) is 6.08 Å². The van der Waals surface area contributed by atoms with Crippen molar-refractivity contribution >= 4 is 12.0 Å². The molecule has 170 valence electrons. The quantitative estimate of drug-likeness (QED) is 0.321. The molecule has 0 aliphatic carbocycles. The Morgan fingerprint density at radius 1 is 1.09 bits per heavy atom. The molecular formula is C26H22N4O4. The van der Waals surface area contributed by atoms with Gasteiger partial charge in [0.2, 0.25) is 12.7 Å². The molecule has 0 atom stereocenters. The van der Waals surface area contributed by atoms with Gasteiger partial charge < -0.3 is 19.5 Å². The first-order valence-electron chi connectivity index (χ1n) is 10.8. The highest BCUT2D eigenvalue weighted by Crippen LogP contribution is 2.35. The van der Waals surface area contributed by atoms with E-state index in [0.717, 1.165) is 22.5 Å². The van der Waals surface area contributed by atoms with Crippen molar-refractivity contribution in [3.8, 4) is 34.2 Å². The average Bonchev–Trinajstić information content (AvgIpc) is 3.53. The molecule has 34 heavy (non-hydrogen) atoms. The molecule has 3 heterocycles. The minimum Gasteiger partial charge on any atom is -0.492 e. The summed E-state index contributed by atoms with van der Waals surface area (Å²) in [6, 6.07) is 19.0. The number of hydrogen-bond acceptors (Lipinski definition) is 6.